The topological polar surface area (TPSA) is 55.6 Å². The first-order chi connectivity index (χ1) is 11.1. The Bertz CT molecular complexity index is 647. The zero-order valence-corrected chi connectivity index (χ0v) is 13.8. The fourth-order valence-electron chi connectivity index (χ4n) is 2.21. The second-order valence-corrected chi connectivity index (χ2v) is 5.73. The molecule has 0 unspecified atom stereocenters. The number of hydrogen-bond donors (Lipinski definition) is 1. The van der Waals surface area contributed by atoms with Crippen molar-refractivity contribution in [1.29, 1.82) is 0 Å². The highest BCUT2D eigenvalue weighted by atomic mass is 32.1. The number of carbonyl (C=O) groups excluding carboxylic acids is 1. The van der Waals surface area contributed by atoms with E-state index in [0.29, 0.717) is 6.42 Å². The standard InChI is InChI=1S/C18H20N2O2S/c1-20(18(21)22-13-15-10-6-3-7-11-15)16(17(19)23)12-14-8-4-2-5-9-14/h2-11,16H,12-13H2,1H3,(H2,19,23)/t16-/m0/s1. The molecular formula is C18H20N2O2S. The molecule has 0 heterocycles. The summed E-state index contributed by atoms with van der Waals surface area (Å²) in [6.07, 6.45) is 0.121. The van der Waals surface area contributed by atoms with Crippen molar-refractivity contribution in [3.63, 3.8) is 0 Å². The van der Waals surface area contributed by atoms with Crippen molar-refractivity contribution in [2.75, 3.05) is 7.05 Å². The van der Waals surface area contributed by atoms with Crippen LogP contribution in [0.15, 0.2) is 60.7 Å². The Hall–Kier alpha value is -2.40. The molecule has 4 nitrogen and oxygen atoms in total. The van der Waals surface area contributed by atoms with Crippen molar-refractivity contribution in [2.45, 2.75) is 19.1 Å². The van der Waals surface area contributed by atoms with Crippen LogP contribution in [0.25, 0.3) is 0 Å². The van der Waals surface area contributed by atoms with E-state index < -0.39 is 6.09 Å². The lowest BCUT2D eigenvalue weighted by molar-refractivity contribution is 0.0993. The molecule has 0 aliphatic heterocycles. The van der Waals surface area contributed by atoms with E-state index >= 15 is 0 Å². The van der Waals surface area contributed by atoms with Gasteiger partial charge in [0.2, 0.25) is 0 Å². The third-order valence-corrected chi connectivity index (χ3v) is 3.83. The maximum absolute atomic E-state index is 12.2. The van der Waals surface area contributed by atoms with Crippen LogP contribution in [-0.2, 0) is 17.8 Å². The number of rotatable bonds is 6. The van der Waals surface area contributed by atoms with E-state index in [1.54, 1.807) is 7.05 Å². The van der Waals surface area contributed by atoms with Gasteiger partial charge in [-0.3, -0.25) is 0 Å². The van der Waals surface area contributed by atoms with Gasteiger partial charge >= 0.3 is 6.09 Å². The molecule has 1 atom stereocenters. The normalized spacial score (nSPS) is 11.5. The molecule has 5 heteroatoms. The van der Waals surface area contributed by atoms with E-state index in [0.717, 1.165) is 11.1 Å². The molecule has 2 N–H and O–H groups in total. The van der Waals surface area contributed by atoms with Gasteiger partial charge in [0, 0.05) is 7.05 Å². The summed E-state index contributed by atoms with van der Waals surface area (Å²) in [6.45, 7) is 0.222. The van der Waals surface area contributed by atoms with Gasteiger partial charge < -0.3 is 15.4 Å². The largest absolute Gasteiger partial charge is 0.445 e. The molecule has 1 amide bonds. The first kappa shape index (κ1) is 17.0. The molecule has 0 fully saturated rings. The number of thiocarbonyl (C=S) groups is 1. The highest BCUT2D eigenvalue weighted by Crippen LogP contribution is 2.11. The number of likely N-dealkylation sites (N-methyl/N-ethyl adjacent to an activating group) is 1. The van der Waals surface area contributed by atoms with Crippen molar-refractivity contribution in [2.24, 2.45) is 5.73 Å². The summed E-state index contributed by atoms with van der Waals surface area (Å²) < 4.78 is 5.33. The predicted molar refractivity (Wildman–Crippen MR) is 95.1 cm³/mol. The quantitative estimate of drug-likeness (QED) is 0.828. The number of amides is 1. The zero-order valence-electron chi connectivity index (χ0n) is 13.0. The Morgan fingerprint density at radius 2 is 1.61 bits per heavy atom. The molecule has 2 aromatic carbocycles. The van der Waals surface area contributed by atoms with Gasteiger partial charge in [0.25, 0.3) is 0 Å². The van der Waals surface area contributed by atoms with Gasteiger partial charge in [-0.25, -0.2) is 4.79 Å². The van der Waals surface area contributed by atoms with Crippen LogP contribution in [0.2, 0.25) is 0 Å². The van der Waals surface area contributed by atoms with Crippen LogP contribution in [0.4, 0.5) is 4.79 Å². The second kappa shape index (κ2) is 8.29. The Labute approximate surface area is 141 Å². The van der Waals surface area contributed by atoms with Crippen LogP contribution in [0.3, 0.4) is 0 Å². The summed E-state index contributed by atoms with van der Waals surface area (Å²) in [5.74, 6) is 0. The lowest BCUT2D eigenvalue weighted by Gasteiger charge is -2.26. The molecule has 0 aromatic heterocycles. The van der Waals surface area contributed by atoms with Crippen LogP contribution >= 0.6 is 12.2 Å². The molecule has 0 spiro atoms. The van der Waals surface area contributed by atoms with Crippen molar-refractivity contribution in [3.8, 4) is 0 Å². The minimum atomic E-state index is -0.442. The number of ether oxygens (including phenoxy) is 1. The lowest BCUT2D eigenvalue weighted by Crippen LogP contribution is -2.46. The SMILES string of the molecule is CN(C(=O)OCc1ccccc1)[C@@H](Cc1ccccc1)C(N)=S. The van der Waals surface area contributed by atoms with E-state index in [2.05, 4.69) is 0 Å². The average molecular weight is 328 g/mol. The van der Waals surface area contributed by atoms with Crippen LogP contribution < -0.4 is 5.73 Å². The van der Waals surface area contributed by atoms with E-state index in [-0.39, 0.29) is 17.6 Å². The van der Waals surface area contributed by atoms with Gasteiger partial charge in [0.15, 0.2) is 0 Å². The van der Waals surface area contributed by atoms with E-state index in [1.807, 2.05) is 60.7 Å². The van der Waals surface area contributed by atoms with E-state index in [9.17, 15) is 4.79 Å². The predicted octanol–water partition coefficient (Wildman–Crippen LogP) is 3.15. The van der Waals surface area contributed by atoms with Crippen molar-refractivity contribution in [3.05, 3.63) is 71.8 Å². The smallest absolute Gasteiger partial charge is 0.410 e. The van der Waals surface area contributed by atoms with Gasteiger partial charge in [0.05, 0.1) is 11.0 Å². The first-order valence-corrected chi connectivity index (χ1v) is 7.75. The summed E-state index contributed by atoms with van der Waals surface area (Å²) in [4.78, 5) is 14.0. The van der Waals surface area contributed by atoms with E-state index in [1.165, 1.54) is 4.90 Å². The molecule has 0 aliphatic rings. The zero-order chi connectivity index (χ0) is 16.7. The average Bonchev–Trinajstić information content (AvgIpc) is 2.58. The molecule has 0 aliphatic carbocycles. The Kier molecular flexibility index (Phi) is 6.11. The maximum atomic E-state index is 12.2. The van der Waals surface area contributed by atoms with Gasteiger partial charge in [-0.05, 0) is 17.5 Å². The first-order valence-electron chi connectivity index (χ1n) is 7.34. The maximum Gasteiger partial charge on any atom is 0.410 e. The lowest BCUT2D eigenvalue weighted by atomic mass is 10.1. The minimum absolute atomic E-state index is 0.222. The summed E-state index contributed by atoms with van der Waals surface area (Å²) in [6, 6.07) is 18.9. The van der Waals surface area contributed by atoms with Gasteiger partial charge in [-0.1, -0.05) is 72.9 Å². The Morgan fingerprint density at radius 1 is 1.09 bits per heavy atom. The highest BCUT2D eigenvalue weighted by molar-refractivity contribution is 7.80. The number of nitrogens with two attached hydrogens (primary N) is 1. The molecule has 0 saturated carbocycles. The highest BCUT2D eigenvalue weighted by Gasteiger charge is 2.24. The number of carbonyl (C=O) groups is 1. The molecule has 2 aromatic rings. The number of hydrogen-bond acceptors (Lipinski definition) is 3. The third-order valence-electron chi connectivity index (χ3n) is 3.56. The van der Waals surface area contributed by atoms with Crippen LogP contribution in [-0.4, -0.2) is 29.1 Å². The van der Waals surface area contributed by atoms with Crippen LogP contribution in [0.1, 0.15) is 11.1 Å². The molecule has 2 rings (SSSR count). The number of nitrogens with zero attached hydrogens (tertiary/aromatic N) is 1. The summed E-state index contributed by atoms with van der Waals surface area (Å²) in [5.41, 5.74) is 7.81. The minimum Gasteiger partial charge on any atom is -0.445 e. The molecule has 23 heavy (non-hydrogen) atoms. The Morgan fingerprint density at radius 3 is 2.13 bits per heavy atom. The van der Waals surface area contributed by atoms with Crippen molar-refractivity contribution in [1.82, 2.24) is 4.90 Å². The van der Waals surface area contributed by atoms with E-state index in [4.69, 9.17) is 22.7 Å². The summed E-state index contributed by atoms with van der Waals surface area (Å²) >= 11 is 5.12. The van der Waals surface area contributed by atoms with Gasteiger partial charge in [-0.2, -0.15) is 0 Å². The van der Waals surface area contributed by atoms with Crippen LogP contribution in [0.5, 0.6) is 0 Å². The number of benzene rings is 2. The summed E-state index contributed by atoms with van der Waals surface area (Å²) in [5, 5.41) is 0. The monoisotopic (exact) mass is 328 g/mol. The van der Waals surface area contributed by atoms with Gasteiger partial charge in [-0.15, -0.1) is 0 Å². The van der Waals surface area contributed by atoms with Gasteiger partial charge in [0.1, 0.15) is 6.61 Å². The molecular weight excluding hydrogens is 308 g/mol. The molecule has 120 valence electrons. The Balaban J connectivity index is 1.98. The second-order valence-electron chi connectivity index (χ2n) is 5.26. The molecule has 0 radical (unpaired) electrons. The fourth-order valence-corrected chi connectivity index (χ4v) is 2.46. The van der Waals surface area contributed by atoms with Crippen LogP contribution in [0, 0.1) is 0 Å². The van der Waals surface area contributed by atoms with Crippen molar-refractivity contribution >= 4 is 23.3 Å². The summed E-state index contributed by atoms with van der Waals surface area (Å²) in [7, 11) is 1.65. The molecule has 0 bridgehead atoms. The fraction of sp³-hybridized carbons (Fsp3) is 0.222. The third kappa shape index (κ3) is 5.07. The molecule has 0 saturated heterocycles. The van der Waals surface area contributed by atoms with Crippen molar-refractivity contribution < 1.29 is 9.53 Å².